The molecule has 2 rings (SSSR count). The molecule has 3 nitrogen and oxygen atoms in total. The van der Waals surface area contributed by atoms with Crippen LogP contribution in [0.1, 0.15) is 5.56 Å². The van der Waals surface area contributed by atoms with Crippen molar-refractivity contribution in [3.63, 3.8) is 0 Å². The van der Waals surface area contributed by atoms with Crippen molar-refractivity contribution in [2.75, 3.05) is 20.7 Å². The molecule has 0 aliphatic rings. The maximum atomic E-state index is 5.28. The fourth-order valence-electron chi connectivity index (χ4n) is 1.83. The molecular formula is C12H16N2O. The van der Waals surface area contributed by atoms with Crippen LogP contribution in [0.5, 0.6) is 0 Å². The Hall–Kier alpha value is -1.48. The second-order valence-corrected chi connectivity index (χ2v) is 3.53. The van der Waals surface area contributed by atoms with Crippen LogP contribution >= 0.6 is 0 Å². The molecule has 0 radical (unpaired) electrons. The maximum Gasteiger partial charge on any atom is 0.104 e. The molecule has 2 aromatic rings. The highest BCUT2D eigenvalue weighted by molar-refractivity contribution is 5.83. The minimum atomic E-state index is 0.984. The Morgan fingerprint density at radius 2 is 2.13 bits per heavy atom. The molecule has 0 aliphatic heterocycles. The zero-order valence-electron chi connectivity index (χ0n) is 9.16. The Morgan fingerprint density at radius 3 is 2.87 bits per heavy atom. The Kier molecular flexibility index (Phi) is 2.92. The molecule has 1 aromatic carbocycles. The van der Waals surface area contributed by atoms with E-state index in [1.165, 1.54) is 10.9 Å². The lowest BCUT2D eigenvalue weighted by atomic mass is 10.1. The van der Waals surface area contributed by atoms with Crippen LogP contribution in [-0.4, -0.2) is 25.4 Å². The normalized spacial score (nSPS) is 10.8. The highest BCUT2D eigenvalue weighted by Crippen LogP contribution is 2.20. The number of likely N-dealkylation sites (N-methyl/N-ethyl adjacent to an activating group) is 1. The number of nitrogens with one attached hydrogen (secondary N) is 1. The highest BCUT2D eigenvalue weighted by Gasteiger charge is 2.06. The van der Waals surface area contributed by atoms with Crippen LogP contribution in [0.15, 0.2) is 30.5 Å². The van der Waals surface area contributed by atoms with Gasteiger partial charge in [-0.2, -0.15) is 4.73 Å². The van der Waals surface area contributed by atoms with Crippen molar-refractivity contribution < 1.29 is 4.84 Å². The maximum absolute atomic E-state index is 5.28. The average Bonchev–Trinajstić information content (AvgIpc) is 2.65. The smallest absolute Gasteiger partial charge is 0.104 e. The fraction of sp³-hybridized carbons (Fsp3) is 0.333. The lowest BCUT2D eigenvalue weighted by Crippen LogP contribution is -2.10. The number of aromatic nitrogens is 1. The van der Waals surface area contributed by atoms with Crippen LogP contribution in [0.2, 0.25) is 0 Å². The predicted molar refractivity (Wildman–Crippen MR) is 62.1 cm³/mol. The van der Waals surface area contributed by atoms with Gasteiger partial charge in [-0.3, -0.25) is 0 Å². The van der Waals surface area contributed by atoms with Crippen molar-refractivity contribution >= 4 is 10.9 Å². The first-order chi connectivity index (χ1) is 7.36. The van der Waals surface area contributed by atoms with Gasteiger partial charge in [-0.05, 0) is 31.6 Å². The Labute approximate surface area is 89.6 Å². The Morgan fingerprint density at radius 1 is 1.33 bits per heavy atom. The number of benzene rings is 1. The molecule has 0 saturated carbocycles. The summed E-state index contributed by atoms with van der Waals surface area (Å²) in [6, 6.07) is 8.29. The van der Waals surface area contributed by atoms with Crippen LogP contribution < -0.4 is 10.2 Å². The number of para-hydroxylation sites is 1. The third kappa shape index (κ3) is 1.83. The van der Waals surface area contributed by atoms with Crippen LogP contribution in [0.4, 0.5) is 0 Å². The number of rotatable bonds is 4. The molecule has 0 aliphatic carbocycles. The van der Waals surface area contributed by atoms with Gasteiger partial charge in [0.15, 0.2) is 0 Å². The van der Waals surface area contributed by atoms with E-state index in [2.05, 4.69) is 29.7 Å². The van der Waals surface area contributed by atoms with Gasteiger partial charge in [-0.25, -0.2) is 0 Å². The summed E-state index contributed by atoms with van der Waals surface area (Å²) in [5.74, 6) is 0. The van der Waals surface area contributed by atoms with Crippen LogP contribution in [-0.2, 0) is 6.42 Å². The molecule has 80 valence electrons. The summed E-state index contributed by atoms with van der Waals surface area (Å²) in [7, 11) is 3.66. The monoisotopic (exact) mass is 204 g/mol. The van der Waals surface area contributed by atoms with Gasteiger partial charge in [0.25, 0.3) is 0 Å². The second-order valence-electron chi connectivity index (χ2n) is 3.53. The lowest BCUT2D eigenvalue weighted by molar-refractivity contribution is 0.179. The van der Waals surface area contributed by atoms with E-state index in [1.54, 1.807) is 7.11 Å². The van der Waals surface area contributed by atoms with Crippen molar-refractivity contribution in [3.8, 4) is 0 Å². The van der Waals surface area contributed by atoms with Crippen LogP contribution in [0.3, 0.4) is 0 Å². The minimum absolute atomic E-state index is 0.984. The predicted octanol–water partition coefficient (Wildman–Crippen LogP) is 1.46. The largest absolute Gasteiger partial charge is 0.417 e. The fourth-order valence-corrected chi connectivity index (χ4v) is 1.83. The summed E-state index contributed by atoms with van der Waals surface area (Å²) in [5.41, 5.74) is 2.45. The molecule has 0 unspecified atom stereocenters. The Bertz CT molecular complexity index is 448. The van der Waals surface area contributed by atoms with Crippen molar-refractivity contribution in [1.29, 1.82) is 0 Å². The van der Waals surface area contributed by atoms with Crippen molar-refractivity contribution in [3.05, 3.63) is 36.0 Å². The summed E-state index contributed by atoms with van der Waals surface area (Å²) >= 11 is 0. The molecule has 0 atom stereocenters. The Balaban J connectivity index is 2.45. The van der Waals surface area contributed by atoms with Gasteiger partial charge < -0.3 is 10.2 Å². The van der Waals surface area contributed by atoms with E-state index in [9.17, 15) is 0 Å². The molecule has 1 aromatic heterocycles. The van der Waals surface area contributed by atoms with E-state index in [4.69, 9.17) is 4.84 Å². The molecule has 0 amide bonds. The number of nitrogens with zero attached hydrogens (tertiary/aromatic N) is 1. The standard InChI is InChI=1S/C12H16N2O/c1-13-8-7-10-9-14(15-2)12-6-4-3-5-11(10)12/h3-6,9,13H,7-8H2,1-2H3. The van der Waals surface area contributed by atoms with E-state index in [1.807, 2.05) is 17.8 Å². The minimum Gasteiger partial charge on any atom is -0.417 e. The van der Waals surface area contributed by atoms with E-state index < -0.39 is 0 Å². The summed E-state index contributed by atoms with van der Waals surface area (Å²) in [4.78, 5) is 5.28. The van der Waals surface area contributed by atoms with Gasteiger partial charge in [0, 0.05) is 11.6 Å². The van der Waals surface area contributed by atoms with E-state index >= 15 is 0 Å². The zero-order chi connectivity index (χ0) is 10.7. The van der Waals surface area contributed by atoms with E-state index in [0.29, 0.717) is 0 Å². The SMILES string of the molecule is CNCCc1cn(OC)c2ccccc12. The molecule has 15 heavy (non-hydrogen) atoms. The molecule has 3 heteroatoms. The van der Waals surface area contributed by atoms with E-state index in [-0.39, 0.29) is 0 Å². The highest BCUT2D eigenvalue weighted by atomic mass is 16.6. The summed E-state index contributed by atoms with van der Waals surface area (Å²) in [6.45, 7) is 0.984. The first-order valence-electron chi connectivity index (χ1n) is 5.15. The summed E-state index contributed by atoms with van der Waals surface area (Å²) in [5, 5.41) is 4.43. The van der Waals surface area contributed by atoms with Crippen molar-refractivity contribution in [2.24, 2.45) is 0 Å². The first kappa shape index (κ1) is 10.1. The molecule has 0 spiro atoms. The van der Waals surface area contributed by atoms with E-state index in [0.717, 1.165) is 18.5 Å². The third-order valence-corrected chi connectivity index (χ3v) is 2.60. The van der Waals surface area contributed by atoms with Crippen LogP contribution in [0, 0.1) is 0 Å². The quantitative estimate of drug-likeness (QED) is 0.816. The molecule has 0 fully saturated rings. The second kappa shape index (κ2) is 4.36. The molecule has 0 saturated heterocycles. The molecular weight excluding hydrogens is 188 g/mol. The first-order valence-corrected chi connectivity index (χ1v) is 5.15. The van der Waals surface area contributed by atoms with Gasteiger partial charge in [0.2, 0.25) is 0 Å². The molecule has 1 heterocycles. The number of hydrogen-bond donors (Lipinski definition) is 1. The zero-order valence-corrected chi connectivity index (χ0v) is 9.16. The van der Waals surface area contributed by atoms with Crippen molar-refractivity contribution in [1.82, 2.24) is 10.0 Å². The van der Waals surface area contributed by atoms with Crippen molar-refractivity contribution in [2.45, 2.75) is 6.42 Å². The van der Waals surface area contributed by atoms with Gasteiger partial charge in [-0.15, -0.1) is 0 Å². The van der Waals surface area contributed by atoms with Gasteiger partial charge in [-0.1, -0.05) is 18.2 Å². The number of hydrogen-bond acceptors (Lipinski definition) is 2. The van der Waals surface area contributed by atoms with Crippen LogP contribution in [0.25, 0.3) is 10.9 Å². The van der Waals surface area contributed by atoms with Gasteiger partial charge >= 0.3 is 0 Å². The summed E-state index contributed by atoms with van der Waals surface area (Å²) < 4.78 is 1.82. The summed E-state index contributed by atoms with van der Waals surface area (Å²) in [6.07, 6.45) is 3.08. The third-order valence-electron chi connectivity index (χ3n) is 2.60. The molecule has 0 bridgehead atoms. The average molecular weight is 204 g/mol. The molecule has 1 N–H and O–H groups in total. The topological polar surface area (TPSA) is 26.2 Å². The van der Waals surface area contributed by atoms with Gasteiger partial charge in [0.1, 0.15) is 7.11 Å². The van der Waals surface area contributed by atoms with Gasteiger partial charge in [0.05, 0.1) is 5.52 Å². The number of fused-ring (bicyclic) bond motifs is 1. The lowest BCUT2D eigenvalue weighted by Gasteiger charge is -2.00.